The second-order valence-corrected chi connectivity index (χ2v) is 14.8. The topological polar surface area (TPSA) is 98.6 Å². The number of rotatable bonds is 18. The number of aliphatic hydroxyl groups excluding tert-OH is 1. The van der Waals surface area contributed by atoms with Crippen molar-refractivity contribution in [3.63, 3.8) is 0 Å². The van der Waals surface area contributed by atoms with Gasteiger partial charge in [0.2, 0.25) is 5.90 Å². The van der Waals surface area contributed by atoms with E-state index in [1.807, 2.05) is 158 Å². The zero-order chi connectivity index (χ0) is 39.3. The van der Waals surface area contributed by atoms with Gasteiger partial charge in [0.05, 0.1) is 6.61 Å². The van der Waals surface area contributed by atoms with Crippen LogP contribution < -0.4 is 19.5 Å². The van der Waals surface area contributed by atoms with E-state index in [1.165, 1.54) is 0 Å². The number of hydrogen-bond acceptors (Lipinski definition) is 7. The summed E-state index contributed by atoms with van der Waals surface area (Å²) in [5.41, 5.74) is 4.30. The van der Waals surface area contributed by atoms with Gasteiger partial charge in [0.1, 0.15) is 19.0 Å². The second-order valence-electron chi connectivity index (χ2n) is 13.8. The SMILES string of the molecule is O=C(NCCc1ccc(OCc2ccccc2)c(OCc2ccccc2)c1)[C@]1(Cc2ccccc2)N=C(c2ccc(OCCCO)cc2)O[C@@H]1c1ccc(Br)cc1. The van der Waals surface area contributed by atoms with Crippen LogP contribution in [0.1, 0.15) is 45.9 Å². The van der Waals surface area contributed by atoms with E-state index in [4.69, 9.17) is 29.0 Å². The fourth-order valence-corrected chi connectivity index (χ4v) is 6.98. The molecule has 0 aromatic heterocycles. The van der Waals surface area contributed by atoms with Crippen molar-refractivity contribution in [3.05, 3.63) is 196 Å². The molecule has 8 nitrogen and oxygen atoms in total. The Labute approximate surface area is 342 Å². The molecule has 0 fully saturated rings. The average Bonchev–Trinajstić information content (AvgIpc) is 3.64. The molecule has 0 saturated heterocycles. The lowest BCUT2D eigenvalue weighted by Gasteiger charge is -2.31. The number of nitrogens with one attached hydrogen (secondary N) is 1. The molecule has 1 aliphatic rings. The molecular weight excluding hydrogens is 780 g/mol. The Kier molecular flexibility index (Phi) is 13.3. The molecule has 0 unspecified atom stereocenters. The van der Waals surface area contributed by atoms with E-state index >= 15 is 0 Å². The highest BCUT2D eigenvalue weighted by Gasteiger charge is 2.53. The predicted molar refractivity (Wildman–Crippen MR) is 226 cm³/mol. The number of ether oxygens (including phenoxy) is 4. The van der Waals surface area contributed by atoms with Crippen LogP contribution in [-0.4, -0.2) is 42.2 Å². The Bertz CT molecular complexity index is 2220. The normalized spacial score (nSPS) is 16.0. The van der Waals surface area contributed by atoms with Crippen LogP contribution in [0.4, 0.5) is 0 Å². The summed E-state index contributed by atoms with van der Waals surface area (Å²) in [5.74, 6) is 2.10. The number of aliphatic imine (C=N–C) groups is 1. The summed E-state index contributed by atoms with van der Waals surface area (Å²) in [6.45, 7) is 1.63. The monoisotopic (exact) mass is 824 g/mol. The van der Waals surface area contributed by atoms with Crippen molar-refractivity contribution in [2.24, 2.45) is 4.99 Å². The molecule has 0 saturated carbocycles. The molecule has 2 N–H and O–H groups in total. The molecule has 290 valence electrons. The van der Waals surface area contributed by atoms with Crippen molar-refractivity contribution in [2.45, 2.75) is 44.1 Å². The Hall–Kier alpha value is -5.90. The smallest absolute Gasteiger partial charge is 0.252 e. The molecule has 0 radical (unpaired) electrons. The van der Waals surface area contributed by atoms with Crippen LogP contribution in [0.3, 0.4) is 0 Å². The van der Waals surface area contributed by atoms with Gasteiger partial charge in [-0.3, -0.25) is 4.79 Å². The van der Waals surface area contributed by atoms with E-state index in [1.54, 1.807) is 0 Å². The quantitative estimate of drug-likeness (QED) is 0.0840. The number of aliphatic hydroxyl groups is 1. The fraction of sp³-hybridized carbons (Fsp3) is 0.208. The number of amides is 1. The van der Waals surface area contributed by atoms with E-state index < -0.39 is 11.6 Å². The maximum atomic E-state index is 14.8. The summed E-state index contributed by atoms with van der Waals surface area (Å²) in [6.07, 6.45) is 0.699. The Morgan fingerprint density at radius 1 is 0.702 bits per heavy atom. The number of carbonyl (C=O) groups is 1. The van der Waals surface area contributed by atoms with Gasteiger partial charge in [0.15, 0.2) is 23.1 Å². The Balaban J connectivity index is 1.14. The van der Waals surface area contributed by atoms with E-state index in [9.17, 15) is 4.79 Å². The summed E-state index contributed by atoms with van der Waals surface area (Å²) in [7, 11) is 0. The minimum Gasteiger partial charge on any atom is -0.494 e. The first kappa shape index (κ1) is 39.3. The first-order valence-corrected chi connectivity index (χ1v) is 19.9. The van der Waals surface area contributed by atoms with Gasteiger partial charge < -0.3 is 29.4 Å². The summed E-state index contributed by atoms with van der Waals surface area (Å²) in [5, 5.41) is 12.4. The number of nitrogens with zero attached hydrogens (tertiary/aromatic N) is 1. The molecule has 6 aromatic rings. The van der Waals surface area contributed by atoms with Crippen LogP contribution in [0.2, 0.25) is 0 Å². The van der Waals surface area contributed by atoms with E-state index in [0.29, 0.717) is 68.8 Å². The number of halogens is 1. The molecule has 6 aromatic carbocycles. The molecule has 1 aliphatic heterocycles. The van der Waals surface area contributed by atoms with E-state index in [-0.39, 0.29) is 12.5 Å². The van der Waals surface area contributed by atoms with Gasteiger partial charge in [0, 0.05) is 36.0 Å². The van der Waals surface area contributed by atoms with Crippen molar-refractivity contribution in [2.75, 3.05) is 19.8 Å². The zero-order valence-electron chi connectivity index (χ0n) is 31.6. The van der Waals surface area contributed by atoms with Crippen LogP contribution in [0, 0.1) is 0 Å². The van der Waals surface area contributed by atoms with E-state index in [2.05, 4.69) is 21.2 Å². The highest BCUT2D eigenvalue weighted by molar-refractivity contribution is 9.10. The molecule has 1 heterocycles. The van der Waals surface area contributed by atoms with Crippen LogP contribution >= 0.6 is 15.9 Å². The molecule has 0 bridgehead atoms. The first-order valence-electron chi connectivity index (χ1n) is 19.1. The summed E-state index contributed by atoms with van der Waals surface area (Å²) < 4.78 is 26.0. The van der Waals surface area contributed by atoms with Crippen molar-refractivity contribution in [1.82, 2.24) is 5.32 Å². The van der Waals surface area contributed by atoms with Crippen molar-refractivity contribution in [1.29, 1.82) is 0 Å². The van der Waals surface area contributed by atoms with Gasteiger partial charge in [-0.05, 0) is 82.8 Å². The van der Waals surface area contributed by atoms with Crippen LogP contribution in [0.5, 0.6) is 17.2 Å². The zero-order valence-corrected chi connectivity index (χ0v) is 33.1. The fourth-order valence-electron chi connectivity index (χ4n) is 6.71. The Morgan fingerprint density at radius 2 is 1.32 bits per heavy atom. The first-order chi connectivity index (χ1) is 28.0. The lowest BCUT2D eigenvalue weighted by atomic mass is 9.82. The van der Waals surface area contributed by atoms with Gasteiger partial charge in [-0.1, -0.05) is 125 Å². The van der Waals surface area contributed by atoms with Crippen molar-refractivity contribution < 1.29 is 28.8 Å². The maximum Gasteiger partial charge on any atom is 0.252 e. The van der Waals surface area contributed by atoms with Crippen LogP contribution in [0.15, 0.2) is 167 Å². The number of carbonyl (C=O) groups excluding carboxylic acids is 1. The molecule has 1 amide bonds. The second kappa shape index (κ2) is 19.3. The molecule has 0 spiro atoms. The van der Waals surface area contributed by atoms with E-state index in [0.717, 1.165) is 37.9 Å². The minimum absolute atomic E-state index is 0.0619. The van der Waals surface area contributed by atoms with Gasteiger partial charge >= 0.3 is 0 Å². The minimum atomic E-state index is -1.32. The number of benzene rings is 6. The predicted octanol–water partition coefficient (Wildman–Crippen LogP) is 9.23. The number of hydrogen-bond donors (Lipinski definition) is 2. The lowest BCUT2D eigenvalue weighted by Crippen LogP contribution is -2.50. The highest BCUT2D eigenvalue weighted by Crippen LogP contribution is 2.43. The molecule has 7 rings (SSSR count). The van der Waals surface area contributed by atoms with Crippen molar-refractivity contribution >= 4 is 27.7 Å². The van der Waals surface area contributed by atoms with Crippen LogP contribution in [-0.2, 0) is 35.6 Å². The molecule has 2 atom stereocenters. The molecule has 57 heavy (non-hydrogen) atoms. The maximum absolute atomic E-state index is 14.8. The van der Waals surface area contributed by atoms with Gasteiger partial charge in [-0.15, -0.1) is 0 Å². The summed E-state index contributed by atoms with van der Waals surface area (Å²) >= 11 is 3.56. The van der Waals surface area contributed by atoms with Gasteiger partial charge in [0.25, 0.3) is 5.91 Å². The van der Waals surface area contributed by atoms with Crippen LogP contribution in [0.25, 0.3) is 0 Å². The Morgan fingerprint density at radius 3 is 1.95 bits per heavy atom. The molecule has 9 heteroatoms. The third kappa shape index (κ3) is 10.3. The average molecular weight is 826 g/mol. The summed E-state index contributed by atoms with van der Waals surface area (Å²) in [4.78, 5) is 20.0. The summed E-state index contributed by atoms with van der Waals surface area (Å²) in [6, 6.07) is 51.2. The molecule has 0 aliphatic carbocycles. The largest absolute Gasteiger partial charge is 0.494 e. The standard InChI is InChI=1S/C48H45BrN2O6/c49-41-22-18-39(19-23-41)45-48(32-36-11-4-1-5-12-36,51-46(57-45)40-20-24-42(25-21-40)54-30-10-29-52)47(53)50-28-27-35-17-26-43(55-33-37-13-6-2-7-14-37)44(31-35)56-34-38-15-8-3-9-16-38/h1-9,11-26,31,45,52H,10,27-30,32-34H2,(H,50,53)/t45-,48-/m1/s1. The van der Waals surface area contributed by atoms with Gasteiger partial charge in [-0.2, -0.15) is 0 Å². The van der Waals surface area contributed by atoms with Crippen molar-refractivity contribution in [3.8, 4) is 17.2 Å². The third-order valence-corrected chi connectivity index (χ3v) is 10.2. The van der Waals surface area contributed by atoms with Gasteiger partial charge in [-0.25, -0.2) is 4.99 Å². The molecular formula is C48H45BrN2O6. The lowest BCUT2D eigenvalue weighted by molar-refractivity contribution is -0.128. The highest BCUT2D eigenvalue weighted by atomic mass is 79.9. The third-order valence-electron chi connectivity index (χ3n) is 9.70.